The first-order valence-corrected chi connectivity index (χ1v) is 2.38. The van der Waals surface area contributed by atoms with Crippen LogP contribution in [0.2, 0.25) is 0 Å². The van der Waals surface area contributed by atoms with Crippen LogP contribution in [0.3, 0.4) is 0 Å². The summed E-state index contributed by atoms with van der Waals surface area (Å²) < 4.78 is 0. The van der Waals surface area contributed by atoms with Gasteiger partial charge in [0.25, 0.3) is 0 Å². The molecule has 0 fully saturated rings. The molecule has 0 radical (unpaired) electrons. The van der Waals surface area contributed by atoms with E-state index < -0.39 is 0 Å². The van der Waals surface area contributed by atoms with E-state index in [2.05, 4.69) is 16.1 Å². The van der Waals surface area contributed by atoms with Gasteiger partial charge in [-0.1, -0.05) is 0 Å². The third-order valence-electron chi connectivity index (χ3n) is 0.812. The summed E-state index contributed by atoms with van der Waals surface area (Å²) >= 11 is 0. The first-order chi connectivity index (χ1) is 3.89. The quantitative estimate of drug-likeness (QED) is 0.442. The molecule has 8 heavy (non-hydrogen) atoms. The number of hydrogen-bond acceptors (Lipinski definition) is 2. The van der Waals surface area contributed by atoms with Crippen molar-refractivity contribution in [2.24, 2.45) is 10.2 Å². The molecule has 0 atom stereocenters. The van der Waals surface area contributed by atoms with Crippen LogP contribution in [-0.4, -0.2) is 12.1 Å². The van der Waals surface area contributed by atoms with E-state index in [1.807, 2.05) is 13.0 Å². The van der Waals surface area contributed by atoms with Crippen molar-refractivity contribution in [3.63, 3.8) is 0 Å². The van der Waals surface area contributed by atoms with Crippen LogP contribution in [0.25, 0.3) is 0 Å². The lowest BCUT2D eigenvalue weighted by Crippen LogP contribution is -1.65. The Labute approximate surface area is 47.9 Å². The van der Waals surface area contributed by atoms with E-state index in [0.29, 0.717) is 0 Å². The second-order valence-corrected chi connectivity index (χ2v) is 1.55. The maximum atomic E-state index is 3.60. The lowest BCUT2D eigenvalue weighted by Gasteiger charge is -1.76. The third kappa shape index (κ3) is 1.17. The lowest BCUT2D eigenvalue weighted by atomic mass is 10.3. The van der Waals surface area contributed by atoms with Crippen LogP contribution in [0.15, 0.2) is 27.9 Å². The smallest absolute Gasteiger partial charge is 0.0506 e. The summed E-state index contributed by atoms with van der Waals surface area (Å²) in [6.07, 6.45) is 5.31. The van der Waals surface area contributed by atoms with Gasteiger partial charge in [0.05, 0.1) is 6.21 Å². The van der Waals surface area contributed by atoms with Gasteiger partial charge in [-0.25, -0.2) is 0 Å². The molecular formula is C6H6N2. The van der Waals surface area contributed by atoms with Crippen LogP contribution in [-0.2, 0) is 0 Å². The minimum Gasteiger partial charge on any atom is -0.150 e. The molecule has 2 nitrogen and oxygen atoms in total. The Morgan fingerprint density at radius 2 is 2.50 bits per heavy atom. The Bertz CT molecular complexity index is 193. The molecule has 0 saturated heterocycles. The van der Waals surface area contributed by atoms with Crippen LogP contribution in [0.4, 0.5) is 0 Å². The molecule has 1 aliphatic heterocycles. The van der Waals surface area contributed by atoms with Gasteiger partial charge in [0.15, 0.2) is 0 Å². The molecule has 1 rings (SSSR count). The first kappa shape index (κ1) is 5.01. The Balaban J connectivity index is 2.94. The van der Waals surface area contributed by atoms with Gasteiger partial charge in [-0.2, -0.15) is 5.10 Å². The highest BCUT2D eigenvalue weighted by molar-refractivity contribution is 5.76. The standard InChI is InChI=1S/C6H6N2/c1-6-2-4-7-8-5-3-6/h2-4H,1H3. The topological polar surface area (TPSA) is 24.7 Å². The molecule has 0 aromatic rings. The maximum absolute atomic E-state index is 3.60. The molecule has 0 bridgehead atoms. The molecule has 0 amide bonds. The zero-order valence-corrected chi connectivity index (χ0v) is 4.63. The average molecular weight is 106 g/mol. The van der Waals surface area contributed by atoms with Crippen molar-refractivity contribution in [1.82, 2.24) is 0 Å². The van der Waals surface area contributed by atoms with Gasteiger partial charge >= 0.3 is 0 Å². The minimum absolute atomic E-state index is 1.12. The Hall–Kier alpha value is -1.14. The van der Waals surface area contributed by atoms with Crippen molar-refractivity contribution in [2.45, 2.75) is 6.92 Å². The molecular weight excluding hydrogens is 100 g/mol. The van der Waals surface area contributed by atoms with Gasteiger partial charge in [0.2, 0.25) is 0 Å². The van der Waals surface area contributed by atoms with E-state index in [1.54, 1.807) is 12.3 Å². The van der Waals surface area contributed by atoms with Crippen molar-refractivity contribution in [3.05, 3.63) is 17.7 Å². The van der Waals surface area contributed by atoms with E-state index in [0.717, 1.165) is 5.57 Å². The molecule has 0 aromatic carbocycles. The molecule has 0 N–H and O–H groups in total. The Morgan fingerprint density at radius 1 is 1.62 bits per heavy atom. The van der Waals surface area contributed by atoms with Crippen LogP contribution >= 0.6 is 0 Å². The highest BCUT2D eigenvalue weighted by Gasteiger charge is 1.78. The molecule has 1 heterocycles. The lowest BCUT2D eigenvalue weighted by molar-refractivity contribution is 1.28. The van der Waals surface area contributed by atoms with E-state index in [-0.39, 0.29) is 0 Å². The summed E-state index contributed by atoms with van der Waals surface area (Å²) in [7, 11) is 0. The fourth-order valence-electron chi connectivity index (χ4n) is 0.396. The molecule has 0 aliphatic carbocycles. The summed E-state index contributed by atoms with van der Waals surface area (Å²) in [5, 5.41) is 7.14. The van der Waals surface area contributed by atoms with Crippen molar-refractivity contribution < 1.29 is 0 Å². The van der Waals surface area contributed by atoms with Crippen LogP contribution in [0, 0.1) is 0 Å². The van der Waals surface area contributed by atoms with E-state index >= 15 is 0 Å². The molecule has 0 aromatic heterocycles. The fourth-order valence-corrected chi connectivity index (χ4v) is 0.396. The molecule has 0 saturated carbocycles. The fraction of sp³-hybridized carbons (Fsp3) is 0.167. The van der Waals surface area contributed by atoms with Crippen molar-refractivity contribution in [3.8, 4) is 0 Å². The van der Waals surface area contributed by atoms with E-state index in [9.17, 15) is 0 Å². The second-order valence-electron chi connectivity index (χ2n) is 1.55. The first-order valence-electron chi connectivity index (χ1n) is 2.38. The zero-order valence-electron chi connectivity index (χ0n) is 4.63. The predicted octanol–water partition coefficient (Wildman–Crippen LogP) is 1.16. The zero-order chi connectivity index (χ0) is 5.82. The number of nitrogens with zero attached hydrogens (tertiary/aromatic N) is 2. The van der Waals surface area contributed by atoms with Crippen LogP contribution in [0.5, 0.6) is 0 Å². The monoisotopic (exact) mass is 106 g/mol. The molecule has 40 valence electrons. The highest BCUT2D eigenvalue weighted by Crippen LogP contribution is 1.90. The van der Waals surface area contributed by atoms with Gasteiger partial charge in [-0.15, -0.1) is 5.10 Å². The van der Waals surface area contributed by atoms with Crippen molar-refractivity contribution >= 4 is 12.1 Å². The molecule has 0 spiro atoms. The van der Waals surface area contributed by atoms with E-state index in [1.165, 1.54) is 0 Å². The SMILES string of the molecule is CC1=CC=NN=C=C1. The van der Waals surface area contributed by atoms with Gasteiger partial charge in [-0.3, -0.25) is 0 Å². The van der Waals surface area contributed by atoms with Crippen molar-refractivity contribution in [1.29, 1.82) is 0 Å². The van der Waals surface area contributed by atoms with Crippen molar-refractivity contribution in [2.75, 3.05) is 0 Å². The number of rotatable bonds is 0. The average Bonchev–Trinajstić information content (AvgIpc) is 1.94. The van der Waals surface area contributed by atoms with Gasteiger partial charge in [0, 0.05) is 11.9 Å². The normalized spacial score (nSPS) is 15.9. The molecule has 1 aliphatic rings. The summed E-state index contributed by atoms with van der Waals surface area (Å²) in [4.78, 5) is 0. The summed E-state index contributed by atoms with van der Waals surface area (Å²) in [6.45, 7) is 1.97. The van der Waals surface area contributed by atoms with Crippen LogP contribution in [0.1, 0.15) is 6.92 Å². The van der Waals surface area contributed by atoms with Gasteiger partial charge < -0.3 is 0 Å². The van der Waals surface area contributed by atoms with E-state index in [4.69, 9.17) is 0 Å². The summed E-state index contributed by atoms with van der Waals surface area (Å²) in [6, 6.07) is 0. The Morgan fingerprint density at radius 3 is 3.38 bits per heavy atom. The number of allylic oxidation sites excluding steroid dienone is 3. The molecule has 2 heteroatoms. The molecule has 0 unspecified atom stereocenters. The number of hydrogen-bond donors (Lipinski definition) is 0. The maximum Gasteiger partial charge on any atom is 0.0506 e. The van der Waals surface area contributed by atoms with Gasteiger partial charge in [0.1, 0.15) is 0 Å². The summed E-state index contributed by atoms with van der Waals surface area (Å²) in [5.41, 5.74) is 1.12. The summed E-state index contributed by atoms with van der Waals surface area (Å²) in [5.74, 6) is 2.63. The largest absolute Gasteiger partial charge is 0.150 e. The Kier molecular flexibility index (Phi) is 1.40. The van der Waals surface area contributed by atoms with Crippen LogP contribution < -0.4 is 0 Å². The predicted molar refractivity (Wildman–Crippen MR) is 34.3 cm³/mol. The van der Waals surface area contributed by atoms with Gasteiger partial charge in [-0.05, 0) is 18.6 Å². The highest BCUT2D eigenvalue weighted by atomic mass is 15.2. The minimum atomic E-state index is 1.12. The second kappa shape index (κ2) is 2.24. The third-order valence-corrected chi connectivity index (χ3v) is 0.812.